The summed E-state index contributed by atoms with van der Waals surface area (Å²) in [5, 5.41) is 8.94. The Morgan fingerprint density at radius 1 is 1.41 bits per heavy atom. The number of carbonyl (C=O) groups excluding carboxylic acids is 1. The molecule has 2 rings (SSSR count). The Hall–Kier alpha value is -3.08. The van der Waals surface area contributed by atoms with E-state index in [1.54, 1.807) is 25.1 Å². The fourth-order valence-corrected chi connectivity index (χ4v) is 2.69. The Balaban J connectivity index is 1.97. The smallest absolute Gasteiger partial charge is 0.342 e. The zero-order chi connectivity index (χ0) is 19.8. The van der Waals surface area contributed by atoms with Gasteiger partial charge < -0.3 is 9.47 Å². The summed E-state index contributed by atoms with van der Waals surface area (Å²) >= 11 is 0.899. The van der Waals surface area contributed by atoms with E-state index >= 15 is 0 Å². The number of nitrogens with zero attached hydrogens (tertiary/aromatic N) is 2. The molecule has 1 unspecified atom stereocenters. The third kappa shape index (κ3) is 5.71. The number of aromatic amines is 2. The monoisotopic (exact) mass is 393 g/mol. The van der Waals surface area contributed by atoms with Gasteiger partial charge in [0.1, 0.15) is 0 Å². The zero-order valence-corrected chi connectivity index (χ0v) is 15.8. The number of aromatic nitrogens is 3. The third-order valence-corrected chi connectivity index (χ3v) is 4.28. The molecule has 144 valence electrons. The lowest BCUT2D eigenvalue weighted by Gasteiger charge is -2.09. The number of thioether (sulfide) groups is 1. The normalized spacial score (nSPS) is 12.0. The average Bonchev–Trinajstić information content (AvgIpc) is 2.65. The van der Waals surface area contributed by atoms with Crippen LogP contribution in [0.3, 0.4) is 0 Å². The van der Waals surface area contributed by atoms with Crippen molar-refractivity contribution >= 4 is 23.9 Å². The molecule has 10 nitrogen and oxygen atoms in total. The largest absolute Gasteiger partial charge is 0.493 e. The third-order valence-electron chi connectivity index (χ3n) is 3.21. The highest BCUT2D eigenvalue weighted by Gasteiger charge is 2.17. The van der Waals surface area contributed by atoms with Crippen LogP contribution in [0.2, 0.25) is 0 Å². The van der Waals surface area contributed by atoms with Crippen LogP contribution in [0.25, 0.3) is 0 Å². The summed E-state index contributed by atoms with van der Waals surface area (Å²) < 4.78 is 10.7. The molecular weight excluding hydrogens is 374 g/mol. The highest BCUT2D eigenvalue weighted by atomic mass is 32.2. The molecule has 0 saturated heterocycles. The molecule has 1 atom stereocenters. The van der Waals surface area contributed by atoms with Gasteiger partial charge in [-0.05, 0) is 37.6 Å². The molecule has 2 aromatic rings. The fraction of sp³-hybridized carbons (Fsp3) is 0.312. The summed E-state index contributed by atoms with van der Waals surface area (Å²) in [6.45, 7) is 3.98. The molecule has 3 N–H and O–H groups in total. The number of benzene rings is 1. The molecule has 0 saturated carbocycles. The molecule has 1 amide bonds. The molecule has 0 aliphatic rings. The molecule has 27 heavy (non-hydrogen) atoms. The highest BCUT2D eigenvalue weighted by molar-refractivity contribution is 8.00. The van der Waals surface area contributed by atoms with Gasteiger partial charge in [0.25, 0.3) is 11.5 Å². The molecule has 0 radical (unpaired) electrons. The van der Waals surface area contributed by atoms with Crippen molar-refractivity contribution in [2.24, 2.45) is 5.10 Å². The summed E-state index contributed by atoms with van der Waals surface area (Å²) in [7, 11) is 1.53. The van der Waals surface area contributed by atoms with E-state index in [4.69, 9.17) is 9.47 Å². The lowest BCUT2D eigenvalue weighted by atomic mass is 10.2. The minimum absolute atomic E-state index is 0.0162. The van der Waals surface area contributed by atoms with E-state index in [2.05, 4.69) is 20.7 Å². The molecule has 0 aliphatic carbocycles. The Labute approximate surface area is 158 Å². The van der Waals surface area contributed by atoms with Crippen LogP contribution in [0.4, 0.5) is 0 Å². The Morgan fingerprint density at radius 2 is 2.19 bits per heavy atom. The summed E-state index contributed by atoms with van der Waals surface area (Å²) in [4.78, 5) is 36.6. The van der Waals surface area contributed by atoms with E-state index in [1.807, 2.05) is 11.9 Å². The van der Waals surface area contributed by atoms with Gasteiger partial charge in [-0.3, -0.25) is 14.6 Å². The van der Waals surface area contributed by atoms with Crippen molar-refractivity contribution in [3.8, 4) is 11.5 Å². The molecule has 1 heterocycles. The Morgan fingerprint density at radius 3 is 2.85 bits per heavy atom. The Kier molecular flexibility index (Phi) is 7.17. The van der Waals surface area contributed by atoms with Crippen molar-refractivity contribution in [1.29, 1.82) is 0 Å². The van der Waals surface area contributed by atoms with Crippen LogP contribution in [0.5, 0.6) is 11.5 Å². The van der Waals surface area contributed by atoms with E-state index in [-0.39, 0.29) is 5.03 Å². The van der Waals surface area contributed by atoms with E-state index < -0.39 is 22.4 Å². The van der Waals surface area contributed by atoms with E-state index in [0.29, 0.717) is 23.7 Å². The quantitative estimate of drug-likeness (QED) is 0.337. The van der Waals surface area contributed by atoms with Gasteiger partial charge in [0, 0.05) is 0 Å². The second-order valence-corrected chi connectivity index (χ2v) is 6.48. The summed E-state index contributed by atoms with van der Waals surface area (Å²) in [6, 6.07) is 5.24. The predicted octanol–water partition coefficient (Wildman–Crippen LogP) is 0.496. The number of hydrogen-bond donors (Lipinski definition) is 3. The summed E-state index contributed by atoms with van der Waals surface area (Å²) in [5.41, 5.74) is 1.72. The topological polar surface area (TPSA) is 139 Å². The molecule has 0 aliphatic heterocycles. The van der Waals surface area contributed by atoms with Crippen molar-refractivity contribution in [1.82, 2.24) is 20.6 Å². The number of hydrazone groups is 1. The predicted molar refractivity (Wildman–Crippen MR) is 101 cm³/mol. The number of carbonyl (C=O) groups is 1. The van der Waals surface area contributed by atoms with Gasteiger partial charge in [-0.1, -0.05) is 11.8 Å². The number of rotatable bonds is 8. The maximum absolute atomic E-state index is 12.1. The number of hydrogen-bond acceptors (Lipinski definition) is 8. The first-order valence-corrected chi connectivity index (χ1v) is 8.82. The number of H-pyrrole nitrogens is 2. The van der Waals surface area contributed by atoms with Gasteiger partial charge in [0.15, 0.2) is 16.5 Å². The van der Waals surface area contributed by atoms with E-state index in [9.17, 15) is 14.4 Å². The molecular formula is C16H19N5O5S. The number of amides is 1. The molecule has 0 spiro atoms. The van der Waals surface area contributed by atoms with E-state index in [0.717, 1.165) is 11.8 Å². The zero-order valence-electron chi connectivity index (χ0n) is 14.9. The van der Waals surface area contributed by atoms with Crippen LogP contribution in [0.15, 0.2) is 37.9 Å². The minimum Gasteiger partial charge on any atom is -0.493 e. The SMILES string of the molecule is CCOc1ccc(/C=N/NC(=O)C(C)Sc2n[nH]c(=O)[nH]c2=O)cc1OC. The number of nitrogens with one attached hydrogen (secondary N) is 3. The maximum Gasteiger partial charge on any atom is 0.342 e. The lowest BCUT2D eigenvalue weighted by molar-refractivity contribution is -0.120. The minimum atomic E-state index is -0.711. The summed E-state index contributed by atoms with van der Waals surface area (Å²) in [5.74, 6) is 0.741. The molecule has 0 bridgehead atoms. The van der Waals surface area contributed by atoms with Crippen molar-refractivity contribution in [3.05, 3.63) is 44.6 Å². The van der Waals surface area contributed by atoms with Gasteiger partial charge in [-0.15, -0.1) is 0 Å². The van der Waals surface area contributed by atoms with Crippen LogP contribution in [-0.2, 0) is 4.79 Å². The first-order chi connectivity index (χ1) is 12.9. The standard InChI is InChI=1S/C16H19N5O5S/c1-4-26-11-6-5-10(7-12(11)25-3)8-17-19-13(22)9(2)27-15-14(23)18-16(24)21-20-15/h5-9H,4H2,1-3H3,(H,19,22)(H2,18,21,23,24)/b17-8+. The fourth-order valence-electron chi connectivity index (χ4n) is 1.94. The second-order valence-electron chi connectivity index (χ2n) is 5.15. The van der Waals surface area contributed by atoms with Crippen molar-refractivity contribution in [3.63, 3.8) is 0 Å². The van der Waals surface area contributed by atoms with Gasteiger partial charge in [-0.2, -0.15) is 10.2 Å². The first-order valence-electron chi connectivity index (χ1n) is 7.94. The van der Waals surface area contributed by atoms with Gasteiger partial charge in [0.2, 0.25) is 0 Å². The molecule has 11 heteroatoms. The molecule has 1 aromatic carbocycles. The van der Waals surface area contributed by atoms with Crippen molar-refractivity contribution < 1.29 is 14.3 Å². The average molecular weight is 393 g/mol. The van der Waals surface area contributed by atoms with Crippen LogP contribution < -0.4 is 26.1 Å². The van der Waals surface area contributed by atoms with Crippen LogP contribution in [0, 0.1) is 0 Å². The number of methoxy groups -OCH3 is 1. The number of ether oxygens (including phenoxy) is 2. The van der Waals surface area contributed by atoms with Gasteiger partial charge in [-0.25, -0.2) is 15.3 Å². The second kappa shape index (κ2) is 9.57. The maximum atomic E-state index is 12.1. The molecule has 1 aromatic heterocycles. The summed E-state index contributed by atoms with van der Waals surface area (Å²) in [6.07, 6.45) is 1.46. The lowest BCUT2D eigenvalue weighted by Crippen LogP contribution is -2.30. The Bertz CT molecular complexity index is 939. The van der Waals surface area contributed by atoms with Gasteiger partial charge in [0.05, 0.1) is 25.2 Å². The molecule has 0 fully saturated rings. The van der Waals surface area contributed by atoms with Crippen LogP contribution in [0.1, 0.15) is 19.4 Å². The van der Waals surface area contributed by atoms with Crippen LogP contribution in [-0.4, -0.2) is 46.3 Å². The first kappa shape index (κ1) is 20.2. The van der Waals surface area contributed by atoms with Crippen molar-refractivity contribution in [2.45, 2.75) is 24.1 Å². The van der Waals surface area contributed by atoms with Crippen LogP contribution >= 0.6 is 11.8 Å². The van der Waals surface area contributed by atoms with E-state index in [1.165, 1.54) is 13.3 Å². The van der Waals surface area contributed by atoms with Gasteiger partial charge >= 0.3 is 5.69 Å². The highest BCUT2D eigenvalue weighted by Crippen LogP contribution is 2.27. The van der Waals surface area contributed by atoms with Crippen molar-refractivity contribution in [2.75, 3.05) is 13.7 Å².